The molecule has 1 heteroatoms. The van der Waals surface area contributed by atoms with E-state index in [-0.39, 0.29) is 0 Å². The van der Waals surface area contributed by atoms with Gasteiger partial charge in [0.25, 0.3) is 0 Å². The van der Waals surface area contributed by atoms with Crippen LogP contribution in [0.4, 0.5) is 0 Å². The van der Waals surface area contributed by atoms with Crippen molar-refractivity contribution in [2.24, 2.45) is 0 Å². The van der Waals surface area contributed by atoms with E-state index in [0.717, 1.165) is 4.48 Å². The van der Waals surface area contributed by atoms with E-state index in [2.05, 4.69) is 36.4 Å². The van der Waals surface area contributed by atoms with Gasteiger partial charge in [-0.15, -0.1) is 0 Å². The Morgan fingerprint density at radius 1 is 1.44 bits per heavy atom. The molecule has 0 amide bonds. The summed E-state index contributed by atoms with van der Waals surface area (Å²) in [7, 11) is 0. The third-order valence-corrected chi connectivity index (χ3v) is 0.971. The predicted molar refractivity (Wildman–Crippen MR) is 46.6 cm³/mol. The number of hydrogen-bond acceptors (Lipinski definition) is 0. The average Bonchev–Trinajstić information content (AvgIpc) is 1.63. The summed E-state index contributed by atoms with van der Waals surface area (Å²) < 4.78 is 0.903. The van der Waals surface area contributed by atoms with E-state index in [0.29, 0.717) is 0 Å². The monoisotopic (exact) mass is 186 g/mol. The van der Waals surface area contributed by atoms with Crippen LogP contribution in [-0.4, -0.2) is 0 Å². The van der Waals surface area contributed by atoms with Crippen LogP contribution in [0, 0.1) is 0 Å². The molecule has 0 aliphatic carbocycles. The third kappa shape index (κ3) is 7.70. The van der Waals surface area contributed by atoms with Crippen LogP contribution < -0.4 is 0 Å². The highest BCUT2D eigenvalue weighted by Crippen LogP contribution is 2.02. The first-order valence-corrected chi connectivity index (χ1v) is 3.58. The van der Waals surface area contributed by atoms with E-state index in [1.165, 1.54) is 5.57 Å². The lowest BCUT2D eigenvalue weighted by molar-refractivity contribution is 1.39. The summed E-state index contributed by atoms with van der Waals surface area (Å²) in [6.07, 6.45) is 5.91. The molecular formula is C8H11Br. The van der Waals surface area contributed by atoms with E-state index in [4.69, 9.17) is 0 Å². The van der Waals surface area contributed by atoms with Crippen molar-refractivity contribution in [2.75, 3.05) is 0 Å². The molecule has 0 bridgehead atoms. The first-order valence-electron chi connectivity index (χ1n) is 2.79. The minimum Gasteiger partial charge on any atom is -0.0847 e. The summed E-state index contributed by atoms with van der Waals surface area (Å²) in [6.45, 7) is 7.77. The molecule has 0 radical (unpaired) electrons. The lowest BCUT2D eigenvalue weighted by Gasteiger charge is -1.81. The van der Waals surface area contributed by atoms with E-state index >= 15 is 0 Å². The quantitative estimate of drug-likeness (QED) is 0.581. The lowest BCUT2D eigenvalue weighted by atomic mass is 10.3. The number of hydrogen-bond donors (Lipinski definition) is 0. The van der Waals surface area contributed by atoms with Gasteiger partial charge in [-0.05, 0) is 19.9 Å². The Hall–Kier alpha value is -0.300. The molecule has 0 rings (SSSR count). The third-order valence-electron chi connectivity index (χ3n) is 0.707. The molecule has 9 heavy (non-hydrogen) atoms. The smallest absolute Gasteiger partial charge is 0.0103 e. The van der Waals surface area contributed by atoms with Crippen molar-refractivity contribution < 1.29 is 0 Å². The summed E-state index contributed by atoms with van der Waals surface area (Å²) in [5, 5.41) is 0. The van der Waals surface area contributed by atoms with Crippen LogP contribution in [-0.2, 0) is 0 Å². The fourth-order valence-electron chi connectivity index (χ4n) is 0.345. The summed E-state index contributed by atoms with van der Waals surface area (Å²) in [5.41, 5.74) is 1.29. The predicted octanol–water partition coefficient (Wildman–Crippen LogP) is 3.42. The van der Waals surface area contributed by atoms with E-state index < -0.39 is 0 Å². The van der Waals surface area contributed by atoms with E-state index in [1.807, 2.05) is 18.2 Å². The second kappa shape index (κ2) is 4.57. The first-order chi connectivity index (χ1) is 4.13. The lowest BCUT2D eigenvalue weighted by Crippen LogP contribution is -1.59. The highest BCUT2D eigenvalue weighted by molar-refractivity contribution is 9.11. The maximum absolute atomic E-state index is 3.65. The van der Waals surface area contributed by atoms with Crippen LogP contribution in [0.25, 0.3) is 0 Å². The van der Waals surface area contributed by atoms with Crippen LogP contribution in [0.5, 0.6) is 0 Å². The van der Waals surface area contributed by atoms with E-state index in [1.54, 1.807) is 0 Å². The molecular weight excluding hydrogens is 176 g/mol. The Morgan fingerprint density at radius 2 is 2.00 bits per heavy atom. The molecule has 0 nitrogen and oxygen atoms in total. The van der Waals surface area contributed by atoms with Crippen molar-refractivity contribution in [3.8, 4) is 0 Å². The second-order valence-electron chi connectivity index (χ2n) is 2.05. The maximum atomic E-state index is 3.65. The minimum absolute atomic E-state index is 0.903. The molecule has 0 aromatic rings. The van der Waals surface area contributed by atoms with Crippen LogP contribution in [0.3, 0.4) is 0 Å². The molecule has 0 aliphatic rings. The molecule has 0 saturated heterocycles. The second-order valence-corrected chi connectivity index (χ2v) is 3.07. The first kappa shape index (κ1) is 8.70. The number of halogens is 1. The minimum atomic E-state index is 0.903. The largest absolute Gasteiger partial charge is 0.0847 e. The molecule has 0 fully saturated rings. The zero-order valence-electron chi connectivity index (χ0n) is 5.82. The fraction of sp³-hybridized carbons (Fsp3) is 0.250. The van der Waals surface area contributed by atoms with Gasteiger partial charge in [0, 0.05) is 4.48 Å². The molecule has 0 unspecified atom stereocenters. The molecule has 0 spiro atoms. The van der Waals surface area contributed by atoms with Crippen LogP contribution >= 0.6 is 15.9 Å². The molecule has 0 aromatic heterocycles. The zero-order chi connectivity index (χ0) is 7.28. The van der Waals surface area contributed by atoms with Crippen molar-refractivity contribution in [3.63, 3.8) is 0 Å². The Balaban J connectivity index is 3.74. The molecule has 50 valence electrons. The molecule has 0 saturated carbocycles. The Bertz CT molecular complexity index is 148. The van der Waals surface area contributed by atoms with Gasteiger partial charge in [0.05, 0.1) is 0 Å². The molecule has 0 atom stereocenters. The van der Waals surface area contributed by atoms with Crippen molar-refractivity contribution in [2.45, 2.75) is 13.8 Å². The van der Waals surface area contributed by atoms with Gasteiger partial charge in [-0.3, -0.25) is 0 Å². The Labute approximate surface area is 65.1 Å². The molecule has 0 aliphatic heterocycles. The summed E-state index contributed by atoms with van der Waals surface area (Å²) >= 11 is 3.21. The highest BCUT2D eigenvalue weighted by Gasteiger charge is 1.73. The van der Waals surface area contributed by atoms with Gasteiger partial charge in [-0.25, -0.2) is 0 Å². The standard InChI is InChI=1S/C8H11Br/c1-7(2)5-4-6-8(3)9/h4-6H,3H2,1-2H3/b6-4-. The summed E-state index contributed by atoms with van der Waals surface area (Å²) in [5.74, 6) is 0. The van der Waals surface area contributed by atoms with Gasteiger partial charge in [0.2, 0.25) is 0 Å². The van der Waals surface area contributed by atoms with Crippen molar-refractivity contribution in [3.05, 3.63) is 34.9 Å². The van der Waals surface area contributed by atoms with Gasteiger partial charge < -0.3 is 0 Å². The summed E-state index contributed by atoms with van der Waals surface area (Å²) in [6, 6.07) is 0. The topological polar surface area (TPSA) is 0 Å². The number of rotatable bonds is 2. The molecule has 0 aromatic carbocycles. The summed E-state index contributed by atoms with van der Waals surface area (Å²) in [4.78, 5) is 0. The SMILES string of the molecule is C=C(Br)/C=C\C=C(C)C. The zero-order valence-corrected chi connectivity index (χ0v) is 7.40. The van der Waals surface area contributed by atoms with Gasteiger partial charge in [0.1, 0.15) is 0 Å². The van der Waals surface area contributed by atoms with Gasteiger partial charge in [-0.2, -0.15) is 0 Å². The van der Waals surface area contributed by atoms with Crippen LogP contribution in [0.1, 0.15) is 13.8 Å². The normalized spacial score (nSPS) is 9.67. The van der Waals surface area contributed by atoms with Gasteiger partial charge in [0.15, 0.2) is 0 Å². The number of allylic oxidation sites excluding steroid dienone is 5. The average molecular weight is 187 g/mol. The van der Waals surface area contributed by atoms with Crippen LogP contribution in [0.2, 0.25) is 0 Å². The Morgan fingerprint density at radius 3 is 2.33 bits per heavy atom. The van der Waals surface area contributed by atoms with Crippen molar-refractivity contribution in [1.29, 1.82) is 0 Å². The fourth-order valence-corrected chi connectivity index (χ4v) is 0.498. The van der Waals surface area contributed by atoms with Gasteiger partial charge in [-0.1, -0.05) is 40.2 Å². The van der Waals surface area contributed by atoms with Crippen molar-refractivity contribution >= 4 is 15.9 Å². The maximum Gasteiger partial charge on any atom is 0.0103 e. The Kier molecular flexibility index (Phi) is 4.41. The molecule has 0 N–H and O–H groups in total. The molecule has 0 heterocycles. The van der Waals surface area contributed by atoms with Crippen LogP contribution in [0.15, 0.2) is 34.9 Å². The van der Waals surface area contributed by atoms with Gasteiger partial charge >= 0.3 is 0 Å². The highest BCUT2D eigenvalue weighted by atomic mass is 79.9. The van der Waals surface area contributed by atoms with Crippen molar-refractivity contribution in [1.82, 2.24) is 0 Å². The van der Waals surface area contributed by atoms with E-state index in [9.17, 15) is 0 Å².